The molecule has 0 amide bonds. The number of aryl methyl sites for hydroxylation is 1. The van der Waals surface area contributed by atoms with E-state index < -0.39 is 11.7 Å². The van der Waals surface area contributed by atoms with Gasteiger partial charge in [0.25, 0.3) is 0 Å². The lowest BCUT2D eigenvalue weighted by atomic mass is 9.75. The number of rotatable bonds is 7. The lowest BCUT2D eigenvalue weighted by molar-refractivity contribution is -0.156. The Kier molecular flexibility index (Phi) is 6.34. The molecule has 0 radical (unpaired) electrons. The van der Waals surface area contributed by atoms with Crippen LogP contribution in [0.4, 0.5) is 0 Å². The second-order valence-corrected chi connectivity index (χ2v) is 7.78. The third kappa shape index (κ3) is 3.54. The first-order valence-electron chi connectivity index (χ1n) is 9.06. The number of ether oxygens (including phenoxy) is 5. The molecule has 2 aliphatic rings. The van der Waals surface area contributed by atoms with Crippen molar-refractivity contribution in [2.45, 2.75) is 38.4 Å². The molecule has 0 spiro atoms. The van der Waals surface area contributed by atoms with Crippen LogP contribution in [0.5, 0.6) is 11.5 Å². The maximum atomic E-state index is 12.7. The molecular formula is C20H25BrO7. The minimum Gasteiger partial charge on any atom is -0.506 e. The number of Topliss-reactive ketones (excluding diaryl/α,β-unsaturated/α-hetero) is 1. The number of hydrogen-bond acceptors (Lipinski definition) is 7. The van der Waals surface area contributed by atoms with E-state index in [9.17, 15) is 9.90 Å². The average Bonchev–Trinajstić information content (AvgIpc) is 2.64. The normalized spacial score (nSPS) is 23.9. The van der Waals surface area contributed by atoms with E-state index in [4.69, 9.17) is 23.7 Å². The molecule has 1 heterocycles. The molecule has 0 bridgehead atoms. The van der Waals surface area contributed by atoms with Gasteiger partial charge in [-0.05, 0) is 47.8 Å². The highest BCUT2D eigenvalue weighted by Gasteiger charge is 2.52. The van der Waals surface area contributed by atoms with Gasteiger partial charge in [0.15, 0.2) is 11.4 Å². The molecule has 2 atom stereocenters. The molecule has 154 valence electrons. The first-order valence-corrected chi connectivity index (χ1v) is 9.86. The van der Waals surface area contributed by atoms with E-state index in [1.165, 1.54) is 7.11 Å². The Morgan fingerprint density at radius 1 is 1.36 bits per heavy atom. The van der Waals surface area contributed by atoms with Crippen molar-refractivity contribution in [3.8, 4) is 11.5 Å². The second-order valence-electron chi connectivity index (χ2n) is 6.98. The fourth-order valence-electron chi connectivity index (χ4n) is 3.74. The number of benzene rings is 1. The van der Waals surface area contributed by atoms with Crippen molar-refractivity contribution in [1.82, 2.24) is 0 Å². The van der Waals surface area contributed by atoms with Crippen molar-refractivity contribution in [3.63, 3.8) is 0 Å². The third-order valence-corrected chi connectivity index (χ3v) is 6.16. The molecule has 1 aliphatic carbocycles. The zero-order valence-corrected chi connectivity index (χ0v) is 18.1. The van der Waals surface area contributed by atoms with Gasteiger partial charge in [-0.15, -0.1) is 0 Å². The van der Waals surface area contributed by atoms with Crippen LogP contribution in [0.25, 0.3) is 5.76 Å². The monoisotopic (exact) mass is 456 g/mol. The molecule has 1 N–H and O–H groups in total. The Morgan fingerprint density at radius 3 is 2.79 bits per heavy atom. The largest absolute Gasteiger partial charge is 0.506 e. The van der Waals surface area contributed by atoms with Crippen LogP contribution >= 0.6 is 15.9 Å². The summed E-state index contributed by atoms with van der Waals surface area (Å²) in [5.74, 6) is 0.593. The van der Waals surface area contributed by atoms with Gasteiger partial charge in [0.1, 0.15) is 35.7 Å². The van der Waals surface area contributed by atoms with Crippen LogP contribution in [0.1, 0.15) is 30.9 Å². The highest BCUT2D eigenvalue weighted by Crippen LogP contribution is 2.51. The van der Waals surface area contributed by atoms with Crippen LogP contribution in [-0.4, -0.2) is 56.8 Å². The summed E-state index contributed by atoms with van der Waals surface area (Å²) in [4.78, 5) is 12.7. The van der Waals surface area contributed by atoms with Gasteiger partial charge in [0, 0.05) is 13.5 Å². The van der Waals surface area contributed by atoms with Gasteiger partial charge in [-0.3, -0.25) is 4.79 Å². The molecule has 3 rings (SSSR count). The summed E-state index contributed by atoms with van der Waals surface area (Å²) >= 11 is 3.48. The standard InChI is InChI=1S/C20H25BrO7/c1-11-9-13-15(19(25-4)17(11)21)18(23)16-12(22)5-6-14(20(16,2)28-13)27-10-26-8-7-24-3/h9,14,23H,5-8,10H2,1-4H3/t14-,20-/m0/s1. The van der Waals surface area contributed by atoms with Gasteiger partial charge in [-0.1, -0.05) is 0 Å². The molecule has 0 saturated heterocycles. The summed E-state index contributed by atoms with van der Waals surface area (Å²) in [5.41, 5.74) is 0.348. The van der Waals surface area contributed by atoms with Crippen molar-refractivity contribution in [1.29, 1.82) is 0 Å². The van der Waals surface area contributed by atoms with Crippen LogP contribution in [0.15, 0.2) is 16.1 Å². The summed E-state index contributed by atoms with van der Waals surface area (Å²) in [6, 6.07) is 1.81. The molecule has 8 heteroatoms. The van der Waals surface area contributed by atoms with Crippen molar-refractivity contribution >= 4 is 27.5 Å². The van der Waals surface area contributed by atoms with E-state index in [0.717, 1.165) is 5.56 Å². The van der Waals surface area contributed by atoms with Crippen LogP contribution < -0.4 is 9.47 Å². The highest BCUT2D eigenvalue weighted by atomic mass is 79.9. The van der Waals surface area contributed by atoms with Crippen molar-refractivity contribution in [2.75, 3.05) is 34.2 Å². The first kappa shape index (κ1) is 21.1. The lowest BCUT2D eigenvalue weighted by Gasteiger charge is -2.45. The van der Waals surface area contributed by atoms with Gasteiger partial charge < -0.3 is 28.8 Å². The summed E-state index contributed by atoms with van der Waals surface area (Å²) in [7, 11) is 3.11. The molecule has 7 nitrogen and oxygen atoms in total. The van der Waals surface area contributed by atoms with E-state index in [1.54, 1.807) is 14.0 Å². The molecule has 0 unspecified atom stereocenters. The number of aliphatic hydroxyl groups excluding tert-OH is 1. The Morgan fingerprint density at radius 2 is 2.11 bits per heavy atom. The number of fused-ring (bicyclic) bond motifs is 2. The number of aliphatic hydroxyl groups is 1. The first-order chi connectivity index (χ1) is 13.3. The number of halogens is 1. The summed E-state index contributed by atoms with van der Waals surface area (Å²) < 4.78 is 28.7. The SMILES string of the molecule is COCCOCO[C@H]1CCC(=O)C2=C(O)c3c(cc(C)c(Br)c3OC)O[C@]21C. The smallest absolute Gasteiger partial charge is 0.166 e. The van der Waals surface area contributed by atoms with Crippen molar-refractivity contribution in [2.24, 2.45) is 0 Å². The lowest BCUT2D eigenvalue weighted by Crippen LogP contribution is -2.55. The summed E-state index contributed by atoms with van der Waals surface area (Å²) in [6.07, 6.45) is 0.279. The molecule has 1 saturated carbocycles. The quantitative estimate of drug-likeness (QED) is 0.495. The number of hydrogen-bond donors (Lipinski definition) is 1. The minimum absolute atomic E-state index is 0.0464. The summed E-state index contributed by atoms with van der Waals surface area (Å²) in [6.45, 7) is 4.58. The Hall–Kier alpha value is -1.61. The Balaban J connectivity index is 1.98. The predicted octanol–water partition coefficient (Wildman–Crippen LogP) is 3.55. The minimum atomic E-state index is -1.12. The average molecular weight is 457 g/mol. The van der Waals surface area contributed by atoms with Gasteiger partial charge in [-0.25, -0.2) is 0 Å². The molecule has 1 aliphatic heterocycles. The number of carbonyl (C=O) groups excluding carboxylic acids is 1. The number of ketones is 1. The second kappa shape index (κ2) is 8.41. The zero-order valence-electron chi connectivity index (χ0n) is 16.5. The van der Waals surface area contributed by atoms with Crippen LogP contribution in [0.2, 0.25) is 0 Å². The van der Waals surface area contributed by atoms with Gasteiger partial charge in [0.2, 0.25) is 0 Å². The molecule has 28 heavy (non-hydrogen) atoms. The Bertz CT molecular complexity index is 804. The molecule has 0 aromatic heterocycles. The van der Waals surface area contributed by atoms with E-state index in [2.05, 4.69) is 15.9 Å². The topological polar surface area (TPSA) is 83.5 Å². The molecule has 1 aromatic carbocycles. The fourth-order valence-corrected chi connectivity index (χ4v) is 4.22. The zero-order chi connectivity index (χ0) is 20.5. The van der Waals surface area contributed by atoms with Gasteiger partial charge >= 0.3 is 0 Å². The molecule has 1 aromatic rings. The van der Waals surface area contributed by atoms with Crippen molar-refractivity contribution in [3.05, 3.63) is 27.2 Å². The molecular weight excluding hydrogens is 432 g/mol. The maximum Gasteiger partial charge on any atom is 0.166 e. The number of carbonyl (C=O) groups is 1. The van der Waals surface area contributed by atoms with Gasteiger partial charge in [-0.2, -0.15) is 0 Å². The van der Waals surface area contributed by atoms with E-state index in [1.807, 2.05) is 13.0 Å². The fraction of sp³-hybridized carbons (Fsp3) is 0.550. The van der Waals surface area contributed by atoms with E-state index in [0.29, 0.717) is 41.2 Å². The van der Waals surface area contributed by atoms with Crippen LogP contribution in [0.3, 0.4) is 0 Å². The van der Waals surface area contributed by atoms with Crippen LogP contribution in [-0.2, 0) is 19.0 Å². The van der Waals surface area contributed by atoms with Crippen molar-refractivity contribution < 1.29 is 33.6 Å². The number of methoxy groups -OCH3 is 2. The van der Waals surface area contributed by atoms with Gasteiger partial charge in [0.05, 0.1) is 30.4 Å². The van der Waals surface area contributed by atoms with Crippen LogP contribution in [0, 0.1) is 6.92 Å². The predicted molar refractivity (Wildman–Crippen MR) is 106 cm³/mol. The third-order valence-electron chi connectivity index (χ3n) is 5.17. The summed E-state index contributed by atoms with van der Waals surface area (Å²) in [5, 5.41) is 11.1. The highest BCUT2D eigenvalue weighted by molar-refractivity contribution is 9.10. The molecule has 1 fully saturated rings. The Labute approximate surface area is 172 Å². The van der Waals surface area contributed by atoms with E-state index >= 15 is 0 Å². The maximum absolute atomic E-state index is 12.7. The van der Waals surface area contributed by atoms with E-state index in [-0.39, 0.29) is 30.3 Å².